The molecule has 1 unspecified atom stereocenters. The molecule has 0 aromatic heterocycles. The largest absolute Gasteiger partial charge is 0.481 e. The van der Waals surface area contributed by atoms with Crippen LogP contribution in [-0.2, 0) is 11.2 Å². The number of alkyl halides is 1. The molecule has 0 saturated heterocycles. The summed E-state index contributed by atoms with van der Waals surface area (Å²) in [6.45, 7) is 2.40. The van der Waals surface area contributed by atoms with Crippen molar-refractivity contribution in [3.63, 3.8) is 0 Å². The number of hydrogen-bond donors (Lipinski definition) is 1. The van der Waals surface area contributed by atoms with Crippen LogP contribution in [0.25, 0.3) is 0 Å². The third-order valence-corrected chi connectivity index (χ3v) is 10.0. The van der Waals surface area contributed by atoms with Gasteiger partial charge >= 0.3 is 11.9 Å². The van der Waals surface area contributed by atoms with Crippen LogP contribution in [-0.4, -0.2) is 22.4 Å². The maximum Gasteiger partial charge on any atom is 0.343 e. The Morgan fingerprint density at radius 3 is 2.66 bits per heavy atom. The molecule has 0 aliphatic heterocycles. The van der Waals surface area contributed by atoms with Gasteiger partial charge < -0.3 is 9.84 Å². The number of carboxylic acid groups (broad SMARTS) is 1. The fraction of sp³-hybridized carbons (Fsp3) is 0.533. The predicted octanol–water partition coefficient (Wildman–Crippen LogP) is 7.25. The summed E-state index contributed by atoms with van der Waals surface area (Å²) in [6.07, 6.45) is 8.25. The highest BCUT2D eigenvalue weighted by Crippen LogP contribution is 2.64. The van der Waals surface area contributed by atoms with Crippen molar-refractivity contribution < 1.29 is 19.4 Å². The summed E-state index contributed by atoms with van der Waals surface area (Å²) < 4.78 is 5.69. The van der Waals surface area contributed by atoms with Crippen LogP contribution < -0.4 is 4.74 Å². The van der Waals surface area contributed by atoms with Gasteiger partial charge in [-0.15, -0.1) is 0 Å². The molecule has 0 radical (unpaired) electrons. The SMILES string of the molecule is C[C@]12CC[C@@H]3c4ccc(OC(=O)c5ccccc5)cc4CC[C@H]3[C@@H]1CC[C@@H]2C(CCCBr)C(=O)O. The number of fused-ring (bicyclic) bond motifs is 5. The molecule has 6 atom stereocenters. The second-order valence-corrected chi connectivity index (χ2v) is 11.8. The molecular formula is C30H35BrO4. The Morgan fingerprint density at radius 2 is 1.91 bits per heavy atom. The van der Waals surface area contributed by atoms with Crippen molar-refractivity contribution in [3.05, 3.63) is 65.2 Å². The van der Waals surface area contributed by atoms with E-state index in [1.165, 1.54) is 11.1 Å². The van der Waals surface area contributed by atoms with Crippen molar-refractivity contribution in [2.24, 2.45) is 29.1 Å². The lowest BCUT2D eigenvalue weighted by atomic mass is 9.53. The van der Waals surface area contributed by atoms with Gasteiger partial charge in [0.2, 0.25) is 0 Å². The Hall–Kier alpha value is -2.14. The zero-order valence-electron chi connectivity index (χ0n) is 20.4. The summed E-state index contributed by atoms with van der Waals surface area (Å²) in [6, 6.07) is 15.3. The summed E-state index contributed by atoms with van der Waals surface area (Å²) in [7, 11) is 0. The Labute approximate surface area is 216 Å². The number of halogens is 1. The number of carboxylic acids is 1. The van der Waals surface area contributed by atoms with Crippen LogP contribution in [0.3, 0.4) is 0 Å². The van der Waals surface area contributed by atoms with Crippen molar-refractivity contribution in [1.82, 2.24) is 0 Å². The molecule has 0 bridgehead atoms. The number of carbonyl (C=O) groups is 2. The van der Waals surface area contributed by atoms with E-state index in [1.807, 2.05) is 24.3 Å². The lowest BCUT2D eigenvalue weighted by molar-refractivity contribution is -0.146. The summed E-state index contributed by atoms with van der Waals surface area (Å²) >= 11 is 3.49. The Balaban J connectivity index is 1.33. The molecule has 186 valence electrons. The maximum absolute atomic E-state index is 12.5. The van der Waals surface area contributed by atoms with Gasteiger partial charge in [0.1, 0.15) is 5.75 Å². The zero-order chi connectivity index (χ0) is 24.6. The fourth-order valence-electron chi connectivity index (χ4n) is 7.86. The average molecular weight is 540 g/mol. The van der Waals surface area contributed by atoms with Gasteiger partial charge in [-0.1, -0.05) is 47.1 Å². The monoisotopic (exact) mass is 538 g/mol. The molecule has 3 aliphatic rings. The first kappa shape index (κ1) is 24.5. The molecule has 0 heterocycles. The van der Waals surface area contributed by atoms with Crippen LogP contribution in [0.5, 0.6) is 5.75 Å². The molecule has 1 N–H and O–H groups in total. The highest BCUT2D eigenvalue weighted by Gasteiger charge is 2.57. The number of carbonyl (C=O) groups excluding carboxylic acids is 1. The first-order valence-corrected chi connectivity index (χ1v) is 14.2. The standard InChI is InChI=1S/C30H35BrO4/c1-30-16-15-23-22-12-10-21(35-29(34)19-6-3-2-4-7-19)18-20(22)9-11-24(23)26(30)13-14-27(30)25(28(32)33)8-5-17-31/h2-4,6-7,10,12,18,23-27H,5,8-9,11,13-17H2,1H3,(H,32,33)/t23-,24-,25?,26+,27-,30+/m1/s1. The molecule has 0 amide bonds. The van der Waals surface area contributed by atoms with Gasteiger partial charge in [0.25, 0.3) is 0 Å². The fourth-order valence-corrected chi connectivity index (χ4v) is 8.18. The summed E-state index contributed by atoms with van der Waals surface area (Å²) in [5.41, 5.74) is 3.41. The molecule has 2 saturated carbocycles. The number of aryl methyl sites for hydroxylation is 1. The first-order chi connectivity index (χ1) is 16.9. The van der Waals surface area contributed by atoms with Crippen LogP contribution in [0.1, 0.15) is 79.3 Å². The summed E-state index contributed by atoms with van der Waals surface area (Å²) in [5.74, 6) is 1.50. The van der Waals surface area contributed by atoms with Crippen LogP contribution in [0.2, 0.25) is 0 Å². The van der Waals surface area contributed by atoms with Gasteiger partial charge in [-0.3, -0.25) is 4.79 Å². The van der Waals surface area contributed by atoms with Crippen LogP contribution in [0.15, 0.2) is 48.5 Å². The quantitative estimate of drug-likeness (QED) is 0.229. The van der Waals surface area contributed by atoms with Gasteiger partial charge in [-0.25, -0.2) is 4.79 Å². The summed E-state index contributed by atoms with van der Waals surface area (Å²) in [4.78, 5) is 24.7. The summed E-state index contributed by atoms with van der Waals surface area (Å²) in [5, 5.41) is 10.9. The predicted molar refractivity (Wildman–Crippen MR) is 140 cm³/mol. The third kappa shape index (κ3) is 4.57. The second kappa shape index (κ2) is 10.1. The molecule has 2 aromatic rings. The number of ether oxygens (including phenoxy) is 1. The van der Waals surface area contributed by atoms with E-state index in [0.717, 1.165) is 56.7 Å². The van der Waals surface area contributed by atoms with E-state index in [-0.39, 0.29) is 23.2 Å². The average Bonchev–Trinajstić information content (AvgIpc) is 3.21. The third-order valence-electron chi connectivity index (χ3n) is 9.44. The first-order valence-electron chi connectivity index (χ1n) is 13.1. The number of benzene rings is 2. The van der Waals surface area contributed by atoms with E-state index in [9.17, 15) is 14.7 Å². The van der Waals surface area contributed by atoms with Crippen LogP contribution in [0.4, 0.5) is 0 Å². The van der Waals surface area contributed by atoms with Gasteiger partial charge in [0.15, 0.2) is 0 Å². The molecule has 2 aromatic carbocycles. The normalized spacial score (nSPS) is 30.0. The van der Waals surface area contributed by atoms with Gasteiger partial charge in [0.05, 0.1) is 11.5 Å². The van der Waals surface area contributed by atoms with E-state index in [4.69, 9.17) is 4.74 Å². The van der Waals surface area contributed by atoms with Gasteiger partial charge in [0, 0.05) is 5.33 Å². The second-order valence-electron chi connectivity index (χ2n) is 11.0. The highest BCUT2D eigenvalue weighted by atomic mass is 79.9. The lowest BCUT2D eigenvalue weighted by Gasteiger charge is -2.52. The molecule has 35 heavy (non-hydrogen) atoms. The van der Waals surface area contributed by atoms with Crippen molar-refractivity contribution in [2.75, 3.05) is 5.33 Å². The minimum atomic E-state index is -0.605. The molecule has 4 nitrogen and oxygen atoms in total. The molecular weight excluding hydrogens is 504 g/mol. The minimum Gasteiger partial charge on any atom is -0.481 e. The van der Waals surface area contributed by atoms with E-state index in [0.29, 0.717) is 29.1 Å². The molecule has 3 aliphatic carbocycles. The van der Waals surface area contributed by atoms with E-state index in [1.54, 1.807) is 12.1 Å². The van der Waals surface area contributed by atoms with E-state index in [2.05, 4.69) is 35.0 Å². The Kier molecular flexibility index (Phi) is 7.07. The Bertz CT molecular complexity index is 1080. The smallest absolute Gasteiger partial charge is 0.343 e. The van der Waals surface area contributed by atoms with Crippen molar-refractivity contribution in [1.29, 1.82) is 0 Å². The van der Waals surface area contributed by atoms with Crippen molar-refractivity contribution in [2.45, 2.75) is 64.2 Å². The van der Waals surface area contributed by atoms with Crippen molar-refractivity contribution >= 4 is 27.9 Å². The number of hydrogen-bond acceptors (Lipinski definition) is 3. The van der Waals surface area contributed by atoms with E-state index >= 15 is 0 Å². The number of rotatable bonds is 7. The lowest BCUT2D eigenvalue weighted by Crippen LogP contribution is -2.45. The zero-order valence-corrected chi connectivity index (χ0v) is 22.0. The number of esters is 1. The molecule has 2 fully saturated rings. The Morgan fingerprint density at radius 1 is 1.11 bits per heavy atom. The van der Waals surface area contributed by atoms with Crippen molar-refractivity contribution in [3.8, 4) is 5.75 Å². The van der Waals surface area contributed by atoms with Gasteiger partial charge in [-0.05, 0) is 116 Å². The number of aliphatic carboxylic acids is 1. The molecule has 5 rings (SSSR count). The molecule has 0 spiro atoms. The van der Waals surface area contributed by atoms with Crippen LogP contribution >= 0.6 is 15.9 Å². The van der Waals surface area contributed by atoms with E-state index < -0.39 is 5.97 Å². The van der Waals surface area contributed by atoms with Crippen LogP contribution in [0, 0.1) is 29.1 Å². The van der Waals surface area contributed by atoms with Gasteiger partial charge in [-0.2, -0.15) is 0 Å². The topological polar surface area (TPSA) is 63.6 Å². The maximum atomic E-state index is 12.5. The highest BCUT2D eigenvalue weighted by molar-refractivity contribution is 9.09. The molecule has 5 heteroatoms. The minimum absolute atomic E-state index is 0.124.